The molecule has 7 heteroatoms. The molecule has 0 aliphatic carbocycles. The van der Waals surface area contributed by atoms with Crippen LogP contribution in [0.15, 0.2) is 59.7 Å². The summed E-state index contributed by atoms with van der Waals surface area (Å²) >= 11 is 0. The average Bonchev–Trinajstić information content (AvgIpc) is 3.21. The molecule has 1 aromatic carbocycles. The first-order valence-corrected chi connectivity index (χ1v) is 11.4. The summed E-state index contributed by atoms with van der Waals surface area (Å²) < 4.78 is 4.00. The van der Waals surface area contributed by atoms with Gasteiger partial charge in [-0.2, -0.15) is 0 Å². The molecule has 0 spiro atoms. The fourth-order valence-electron chi connectivity index (χ4n) is 4.57. The monoisotopic (exact) mass is 446 g/mol. The highest BCUT2D eigenvalue weighted by molar-refractivity contribution is 5.99. The summed E-state index contributed by atoms with van der Waals surface area (Å²) in [6.07, 6.45) is 4.84. The second-order valence-electron chi connectivity index (χ2n) is 8.55. The van der Waals surface area contributed by atoms with Crippen LogP contribution in [0.4, 0.5) is 0 Å². The van der Waals surface area contributed by atoms with Crippen LogP contribution in [0.2, 0.25) is 0 Å². The Labute approximate surface area is 193 Å². The Hall–Kier alpha value is -3.61. The van der Waals surface area contributed by atoms with Crippen LogP contribution in [0.5, 0.6) is 0 Å². The lowest BCUT2D eigenvalue weighted by Crippen LogP contribution is -2.43. The molecule has 1 aliphatic rings. The number of aromatic nitrogens is 2. The van der Waals surface area contributed by atoms with Crippen molar-refractivity contribution in [1.29, 1.82) is 0 Å². The van der Waals surface area contributed by atoms with Crippen molar-refractivity contribution in [2.45, 2.75) is 45.8 Å². The second-order valence-corrected chi connectivity index (χ2v) is 8.55. The van der Waals surface area contributed by atoms with E-state index in [1.807, 2.05) is 37.3 Å². The fraction of sp³-hybridized carbons (Fsp3) is 0.346. The minimum atomic E-state index is -0.525. The molecule has 2 amide bonds. The van der Waals surface area contributed by atoms with Crippen molar-refractivity contribution in [3.05, 3.63) is 93.2 Å². The number of amides is 2. The van der Waals surface area contributed by atoms with E-state index in [0.29, 0.717) is 19.6 Å². The standard InChI is InChI=1S/C26H30N4O3/c1-18-11-12-23-19(2)30(15-14-29(18)23)26(33)22-17-28(16-21(24(22)31)25(32)27-3)13-7-10-20-8-5-4-6-9-20/h4-6,8-9,11-12,16-17,19H,7,10,13-15H2,1-3H3,(H,27,32). The van der Waals surface area contributed by atoms with Crippen LogP contribution in [-0.2, 0) is 19.5 Å². The molecule has 33 heavy (non-hydrogen) atoms. The molecular formula is C26H30N4O3. The van der Waals surface area contributed by atoms with Gasteiger partial charge in [-0.3, -0.25) is 14.4 Å². The quantitative estimate of drug-likeness (QED) is 0.632. The van der Waals surface area contributed by atoms with E-state index in [1.54, 1.807) is 21.9 Å². The van der Waals surface area contributed by atoms with E-state index in [0.717, 1.165) is 24.2 Å². The Morgan fingerprint density at radius 2 is 1.76 bits per heavy atom. The van der Waals surface area contributed by atoms with Crippen molar-refractivity contribution in [2.24, 2.45) is 0 Å². The minimum absolute atomic E-state index is 0.00746. The summed E-state index contributed by atoms with van der Waals surface area (Å²) in [5.41, 5.74) is 2.94. The fourth-order valence-corrected chi connectivity index (χ4v) is 4.57. The molecular weight excluding hydrogens is 416 g/mol. The number of carbonyl (C=O) groups excluding carboxylic acids is 2. The summed E-state index contributed by atoms with van der Waals surface area (Å²) in [6.45, 7) is 5.82. The van der Waals surface area contributed by atoms with E-state index >= 15 is 0 Å². The van der Waals surface area contributed by atoms with Gasteiger partial charge in [0.05, 0.1) is 6.04 Å². The molecule has 2 aromatic heterocycles. The van der Waals surface area contributed by atoms with E-state index < -0.39 is 11.3 Å². The van der Waals surface area contributed by atoms with Crippen molar-refractivity contribution < 1.29 is 9.59 Å². The van der Waals surface area contributed by atoms with Crippen LogP contribution < -0.4 is 10.7 Å². The van der Waals surface area contributed by atoms with Crippen LogP contribution in [0.3, 0.4) is 0 Å². The van der Waals surface area contributed by atoms with Gasteiger partial charge in [0, 0.05) is 50.5 Å². The van der Waals surface area contributed by atoms with Crippen LogP contribution in [0, 0.1) is 6.92 Å². The topological polar surface area (TPSA) is 76.3 Å². The zero-order valence-electron chi connectivity index (χ0n) is 19.4. The van der Waals surface area contributed by atoms with E-state index in [9.17, 15) is 14.4 Å². The van der Waals surface area contributed by atoms with Gasteiger partial charge in [-0.05, 0) is 44.4 Å². The molecule has 1 N–H and O–H groups in total. The number of hydrogen-bond acceptors (Lipinski definition) is 3. The molecule has 0 bridgehead atoms. The summed E-state index contributed by atoms with van der Waals surface area (Å²) in [7, 11) is 1.49. The van der Waals surface area contributed by atoms with Crippen LogP contribution in [0.25, 0.3) is 0 Å². The lowest BCUT2D eigenvalue weighted by atomic mass is 10.1. The van der Waals surface area contributed by atoms with Gasteiger partial charge in [-0.25, -0.2) is 0 Å². The predicted molar refractivity (Wildman–Crippen MR) is 127 cm³/mol. The van der Waals surface area contributed by atoms with Gasteiger partial charge in [0.2, 0.25) is 5.43 Å². The van der Waals surface area contributed by atoms with Crippen molar-refractivity contribution >= 4 is 11.8 Å². The van der Waals surface area contributed by atoms with Crippen LogP contribution >= 0.6 is 0 Å². The molecule has 1 unspecified atom stereocenters. The smallest absolute Gasteiger partial charge is 0.259 e. The van der Waals surface area contributed by atoms with E-state index in [1.165, 1.54) is 12.6 Å². The first-order chi connectivity index (χ1) is 15.9. The first-order valence-electron chi connectivity index (χ1n) is 11.4. The molecule has 4 rings (SSSR count). The summed E-state index contributed by atoms with van der Waals surface area (Å²) in [5.74, 6) is -0.817. The van der Waals surface area contributed by atoms with Crippen LogP contribution in [-0.4, -0.2) is 39.4 Å². The number of pyridine rings is 1. The number of aryl methyl sites for hydroxylation is 3. The Balaban J connectivity index is 1.62. The maximum atomic E-state index is 13.5. The van der Waals surface area contributed by atoms with E-state index in [4.69, 9.17) is 0 Å². The first kappa shape index (κ1) is 22.6. The maximum Gasteiger partial charge on any atom is 0.259 e. The third kappa shape index (κ3) is 4.49. The summed E-state index contributed by atoms with van der Waals surface area (Å²) in [6, 6.07) is 14.1. The molecule has 172 valence electrons. The van der Waals surface area contributed by atoms with Crippen molar-refractivity contribution in [3.63, 3.8) is 0 Å². The highest BCUT2D eigenvalue weighted by atomic mass is 16.2. The molecule has 0 radical (unpaired) electrons. The Kier molecular flexibility index (Phi) is 6.49. The third-order valence-electron chi connectivity index (χ3n) is 6.46. The van der Waals surface area contributed by atoms with Crippen molar-refractivity contribution in [3.8, 4) is 0 Å². The molecule has 0 saturated carbocycles. The molecule has 3 heterocycles. The number of carbonyl (C=O) groups is 2. The maximum absolute atomic E-state index is 13.5. The number of benzene rings is 1. The van der Waals surface area contributed by atoms with Gasteiger partial charge >= 0.3 is 0 Å². The average molecular weight is 447 g/mol. The van der Waals surface area contributed by atoms with Crippen LogP contribution in [0.1, 0.15) is 57.1 Å². The Bertz CT molecular complexity index is 1230. The molecule has 0 saturated heterocycles. The van der Waals surface area contributed by atoms with Gasteiger partial charge in [0.15, 0.2) is 0 Å². The molecule has 3 aromatic rings. The Morgan fingerprint density at radius 3 is 2.48 bits per heavy atom. The van der Waals surface area contributed by atoms with E-state index in [-0.39, 0.29) is 23.1 Å². The second kappa shape index (κ2) is 9.48. The lowest BCUT2D eigenvalue weighted by Gasteiger charge is -2.35. The van der Waals surface area contributed by atoms with Gasteiger partial charge in [-0.1, -0.05) is 30.3 Å². The van der Waals surface area contributed by atoms with Crippen molar-refractivity contribution in [2.75, 3.05) is 13.6 Å². The summed E-state index contributed by atoms with van der Waals surface area (Å²) in [4.78, 5) is 40.8. The van der Waals surface area contributed by atoms with Gasteiger partial charge in [0.25, 0.3) is 11.8 Å². The highest BCUT2D eigenvalue weighted by Crippen LogP contribution is 2.28. The molecule has 0 fully saturated rings. The SMILES string of the molecule is CNC(=O)c1cn(CCCc2ccccc2)cc(C(=O)N2CCn3c(C)ccc3C2C)c1=O. The Morgan fingerprint density at radius 1 is 1.03 bits per heavy atom. The lowest BCUT2D eigenvalue weighted by molar-refractivity contribution is 0.0640. The van der Waals surface area contributed by atoms with E-state index in [2.05, 4.69) is 28.9 Å². The van der Waals surface area contributed by atoms with Crippen molar-refractivity contribution in [1.82, 2.24) is 19.4 Å². The minimum Gasteiger partial charge on any atom is -0.355 e. The molecule has 7 nitrogen and oxygen atoms in total. The number of nitrogens with zero attached hydrogens (tertiary/aromatic N) is 3. The summed E-state index contributed by atoms with van der Waals surface area (Å²) in [5, 5.41) is 2.52. The number of nitrogens with one attached hydrogen (secondary N) is 1. The number of hydrogen-bond donors (Lipinski definition) is 1. The number of rotatable bonds is 6. The molecule has 1 atom stereocenters. The largest absolute Gasteiger partial charge is 0.355 e. The number of fused-ring (bicyclic) bond motifs is 1. The normalized spacial score (nSPS) is 15.2. The zero-order chi connectivity index (χ0) is 23.5. The molecule has 1 aliphatic heterocycles. The van der Waals surface area contributed by atoms with Gasteiger partial charge in [0.1, 0.15) is 11.1 Å². The van der Waals surface area contributed by atoms with Gasteiger partial charge < -0.3 is 19.4 Å². The van der Waals surface area contributed by atoms with Gasteiger partial charge in [-0.15, -0.1) is 0 Å². The zero-order valence-corrected chi connectivity index (χ0v) is 19.4. The highest BCUT2D eigenvalue weighted by Gasteiger charge is 2.31. The predicted octanol–water partition coefficient (Wildman–Crippen LogP) is 3.17. The third-order valence-corrected chi connectivity index (χ3v) is 6.46.